The molecule has 0 radical (unpaired) electrons. The summed E-state index contributed by atoms with van der Waals surface area (Å²) < 4.78 is 4.72. The fourth-order valence-corrected chi connectivity index (χ4v) is 3.61. The molecule has 0 bridgehead atoms. The summed E-state index contributed by atoms with van der Waals surface area (Å²) in [5.74, 6) is -0.422. The van der Waals surface area contributed by atoms with E-state index in [0.717, 1.165) is 29.8 Å². The number of esters is 1. The van der Waals surface area contributed by atoms with Crippen LogP contribution in [0.1, 0.15) is 35.7 Å². The lowest BCUT2D eigenvalue weighted by atomic mass is 10.0. The first-order valence-corrected chi connectivity index (χ1v) is 9.42. The molecule has 1 atom stereocenters. The summed E-state index contributed by atoms with van der Waals surface area (Å²) in [5.41, 5.74) is 2.87. The van der Waals surface area contributed by atoms with Gasteiger partial charge in [0.15, 0.2) is 0 Å². The number of carbonyl (C=O) groups excluding carboxylic acids is 3. The Morgan fingerprint density at radius 3 is 2.29 bits per heavy atom. The van der Waals surface area contributed by atoms with Crippen LogP contribution in [0.3, 0.4) is 0 Å². The smallest absolute Gasteiger partial charge is 0.337 e. The van der Waals surface area contributed by atoms with Gasteiger partial charge in [-0.2, -0.15) is 0 Å². The molecule has 1 aliphatic carbocycles. The van der Waals surface area contributed by atoms with Gasteiger partial charge in [0.1, 0.15) is 6.04 Å². The fraction of sp³-hybridized carbons (Fsp3) is 0.318. The predicted molar refractivity (Wildman–Crippen MR) is 105 cm³/mol. The molecule has 2 aromatic carbocycles. The average molecular weight is 378 g/mol. The van der Waals surface area contributed by atoms with Crippen molar-refractivity contribution in [3.05, 3.63) is 59.7 Å². The van der Waals surface area contributed by atoms with Crippen LogP contribution >= 0.6 is 0 Å². The van der Waals surface area contributed by atoms with Gasteiger partial charge in [0, 0.05) is 5.92 Å². The molecule has 1 unspecified atom stereocenters. The maximum Gasteiger partial charge on any atom is 0.337 e. The number of ether oxygens (including phenoxy) is 1. The summed E-state index contributed by atoms with van der Waals surface area (Å²) in [6.07, 6.45) is 1.79. The number of amides is 2. The number of methoxy groups -OCH3 is 1. The molecule has 0 spiro atoms. The quantitative estimate of drug-likeness (QED) is 0.767. The van der Waals surface area contributed by atoms with Gasteiger partial charge in [-0.3, -0.25) is 14.5 Å². The van der Waals surface area contributed by atoms with E-state index in [0.29, 0.717) is 12.1 Å². The lowest BCUT2D eigenvalue weighted by Gasteiger charge is -2.40. The summed E-state index contributed by atoms with van der Waals surface area (Å²) in [5, 5.41) is 0. The lowest BCUT2D eigenvalue weighted by Crippen LogP contribution is -2.54. The maximum absolute atomic E-state index is 13.1. The van der Waals surface area contributed by atoms with Gasteiger partial charge in [0.25, 0.3) is 0 Å². The van der Waals surface area contributed by atoms with E-state index in [2.05, 4.69) is 0 Å². The van der Waals surface area contributed by atoms with Gasteiger partial charge in [-0.1, -0.05) is 24.3 Å². The minimum absolute atomic E-state index is 0.0374. The Morgan fingerprint density at radius 1 is 1.04 bits per heavy atom. The minimum atomic E-state index is -0.544. The maximum atomic E-state index is 13.1. The van der Waals surface area contributed by atoms with Gasteiger partial charge >= 0.3 is 5.97 Å². The number of rotatable bonds is 4. The summed E-state index contributed by atoms with van der Waals surface area (Å²) in [6, 6.07) is 14.0. The number of para-hydroxylation sites is 2. The van der Waals surface area contributed by atoms with Gasteiger partial charge in [-0.05, 0) is 49.6 Å². The van der Waals surface area contributed by atoms with Crippen molar-refractivity contribution in [2.75, 3.05) is 16.9 Å². The zero-order valence-electron chi connectivity index (χ0n) is 15.9. The van der Waals surface area contributed by atoms with Crippen molar-refractivity contribution in [1.29, 1.82) is 0 Å². The average Bonchev–Trinajstić information content (AvgIpc) is 3.56. The van der Waals surface area contributed by atoms with Crippen molar-refractivity contribution in [3.63, 3.8) is 0 Å². The summed E-state index contributed by atoms with van der Waals surface area (Å²) >= 11 is 0. The van der Waals surface area contributed by atoms with Crippen LogP contribution in [-0.4, -0.2) is 30.9 Å². The number of anilines is 2. The zero-order chi connectivity index (χ0) is 19.8. The molecule has 0 N–H and O–H groups in total. The van der Waals surface area contributed by atoms with Crippen LogP contribution in [0.25, 0.3) is 0 Å². The van der Waals surface area contributed by atoms with Crippen LogP contribution < -0.4 is 9.80 Å². The van der Waals surface area contributed by atoms with E-state index in [1.807, 2.05) is 36.4 Å². The summed E-state index contributed by atoms with van der Waals surface area (Å²) in [4.78, 5) is 40.9. The molecule has 1 aliphatic heterocycles. The number of hydrogen-bond acceptors (Lipinski definition) is 4. The highest BCUT2D eigenvalue weighted by molar-refractivity contribution is 6.13. The number of carbonyl (C=O) groups is 3. The van der Waals surface area contributed by atoms with Crippen molar-refractivity contribution < 1.29 is 19.1 Å². The van der Waals surface area contributed by atoms with Gasteiger partial charge in [-0.25, -0.2) is 4.79 Å². The third kappa shape index (κ3) is 3.15. The standard InChI is InChI=1S/C22H22N2O4/c1-14-20(25)23(13-15-7-9-17(10-8-15)22(27)28-2)18-5-3-4-6-19(18)24(14)21(26)16-11-12-16/h3-10,14,16H,11-13H2,1-2H3. The molecule has 1 saturated carbocycles. The van der Waals surface area contributed by atoms with Crippen molar-refractivity contribution >= 4 is 29.2 Å². The molecule has 2 amide bonds. The van der Waals surface area contributed by atoms with E-state index >= 15 is 0 Å². The fourth-order valence-electron chi connectivity index (χ4n) is 3.61. The van der Waals surface area contributed by atoms with Crippen LogP contribution in [-0.2, 0) is 20.9 Å². The van der Waals surface area contributed by atoms with E-state index in [1.165, 1.54) is 7.11 Å². The number of fused-ring (bicyclic) bond motifs is 1. The van der Waals surface area contributed by atoms with Crippen LogP contribution in [0.4, 0.5) is 11.4 Å². The Kier molecular flexibility index (Phi) is 4.63. The zero-order valence-corrected chi connectivity index (χ0v) is 15.9. The predicted octanol–water partition coefficient (Wildman–Crippen LogP) is 3.15. The summed E-state index contributed by atoms with van der Waals surface area (Å²) in [6.45, 7) is 2.15. The topological polar surface area (TPSA) is 66.9 Å². The van der Waals surface area contributed by atoms with Crippen molar-refractivity contribution in [1.82, 2.24) is 0 Å². The third-order valence-corrected chi connectivity index (χ3v) is 5.32. The van der Waals surface area contributed by atoms with Gasteiger partial charge < -0.3 is 9.64 Å². The number of benzene rings is 2. The van der Waals surface area contributed by atoms with Crippen molar-refractivity contribution in [3.8, 4) is 0 Å². The highest BCUT2D eigenvalue weighted by atomic mass is 16.5. The first-order chi connectivity index (χ1) is 13.5. The summed E-state index contributed by atoms with van der Waals surface area (Å²) in [7, 11) is 1.34. The normalized spacial score (nSPS) is 18.6. The first-order valence-electron chi connectivity index (χ1n) is 9.42. The van der Waals surface area contributed by atoms with Gasteiger partial charge in [-0.15, -0.1) is 0 Å². The van der Waals surface area contributed by atoms with Crippen LogP contribution in [0.5, 0.6) is 0 Å². The Labute approximate surface area is 163 Å². The molecule has 1 fully saturated rings. The van der Waals surface area contributed by atoms with Crippen LogP contribution in [0.2, 0.25) is 0 Å². The molecule has 1 heterocycles. The molecule has 4 rings (SSSR count). The van der Waals surface area contributed by atoms with Crippen molar-refractivity contribution in [2.24, 2.45) is 5.92 Å². The highest BCUT2D eigenvalue weighted by Crippen LogP contribution is 2.41. The largest absolute Gasteiger partial charge is 0.465 e. The lowest BCUT2D eigenvalue weighted by molar-refractivity contribution is -0.125. The molecule has 144 valence electrons. The Hall–Kier alpha value is -3.15. The first kappa shape index (κ1) is 18.2. The SMILES string of the molecule is COC(=O)c1ccc(CN2C(=O)C(C)N(C(=O)C3CC3)c3ccccc32)cc1. The molecule has 6 nitrogen and oxygen atoms in total. The second kappa shape index (κ2) is 7.11. The number of nitrogens with zero attached hydrogens (tertiary/aromatic N) is 2. The molecule has 0 saturated heterocycles. The Balaban J connectivity index is 1.65. The van der Waals surface area contributed by atoms with E-state index in [1.54, 1.807) is 28.9 Å². The molecule has 2 aliphatic rings. The van der Waals surface area contributed by atoms with Crippen LogP contribution in [0, 0.1) is 5.92 Å². The monoisotopic (exact) mass is 378 g/mol. The van der Waals surface area contributed by atoms with E-state index in [-0.39, 0.29) is 17.7 Å². The minimum Gasteiger partial charge on any atom is -0.465 e. The Morgan fingerprint density at radius 2 is 1.68 bits per heavy atom. The molecular formula is C22H22N2O4. The molecule has 0 aromatic heterocycles. The van der Waals surface area contributed by atoms with Crippen molar-refractivity contribution in [2.45, 2.75) is 32.4 Å². The molecule has 28 heavy (non-hydrogen) atoms. The van der Waals surface area contributed by atoms with Gasteiger partial charge in [0.05, 0.1) is 30.6 Å². The second-order valence-corrected chi connectivity index (χ2v) is 7.26. The second-order valence-electron chi connectivity index (χ2n) is 7.26. The van der Waals surface area contributed by atoms with E-state index < -0.39 is 12.0 Å². The van der Waals surface area contributed by atoms with Crippen LogP contribution in [0.15, 0.2) is 48.5 Å². The Bertz CT molecular complexity index is 934. The molecular weight excluding hydrogens is 356 g/mol. The highest BCUT2D eigenvalue weighted by Gasteiger charge is 2.43. The molecule has 6 heteroatoms. The third-order valence-electron chi connectivity index (χ3n) is 5.32. The number of hydrogen-bond donors (Lipinski definition) is 0. The van der Waals surface area contributed by atoms with E-state index in [9.17, 15) is 14.4 Å². The van der Waals surface area contributed by atoms with E-state index in [4.69, 9.17) is 4.74 Å². The molecule has 2 aromatic rings. The van der Waals surface area contributed by atoms with Gasteiger partial charge in [0.2, 0.25) is 11.8 Å².